The van der Waals surface area contributed by atoms with E-state index in [-0.39, 0.29) is 0 Å². The van der Waals surface area contributed by atoms with Crippen LogP contribution < -0.4 is 11.1 Å². The van der Waals surface area contributed by atoms with Gasteiger partial charge in [-0.2, -0.15) is 4.98 Å². The molecule has 4 heteroatoms. The first-order chi connectivity index (χ1) is 7.65. The minimum atomic E-state index is 0.340. The predicted octanol–water partition coefficient (Wildman–Crippen LogP) is 2.36. The summed E-state index contributed by atoms with van der Waals surface area (Å²) in [5.41, 5.74) is 7.13. The molecule has 0 saturated heterocycles. The van der Waals surface area contributed by atoms with E-state index in [9.17, 15) is 0 Å². The van der Waals surface area contributed by atoms with Gasteiger partial charge >= 0.3 is 0 Å². The first kappa shape index (κ1) is 11.2. The Morgan fingerprint density at radius 2 is 2.25 bits per heavy atom. The third-order valence-electron chi connectivity index (χ3n) is 3.79. The van der Waals surface area contributed by atoms with Gasteiger partial charge in [0.05, 0.1) is 0 Å². The fourth-order valence-electron chi connectivity index (χ4n) is 2.24. The molecule has 0 spiro atoms. The van der Waals surface area contributed by atoms with Gasteiger partial charge in [-0.3, -0.25) is 0 Å². The molecule has 0 amide bonds. The van der Waals surface area contributed by atoms with E-state index in [1.54, 1.807) is 6.20 Å². The van der Waals surface area contributed by atoms with Crippen molar-refractivity contribution in [2.45, 2.75) is 39.5 Å². The molecule has 1 heterocycles. The van der Waals surface area contributed by atoms with Crippen molar-refractivity contribution in [1.29, 1.82) is 0 Å². The molecule has 0 bridgehead atoms. The monoisotopic (exact) mass is 220 g/mol. The molecule has 1 aliphatic rings. The summed E-state index contributed by atoms with van der Waals surface area (Å²) < 4.78 is 0. The summed E-state index contributed by atoms with van der Waals surface area (Å²) in [6.07, 6.45) is 7.02. The van der Waals surface area contributed by atoms with Crippen LogP contribution in [0.2, 0.25) is 0 Å². The Bertz CT molecular complexity index is 366. The maximum Gasteiger partial charge on any atom is 0.221 e. The standard InChI is InChI=1S/C12H20N4/c1-3-12(5-4-6-12)8-15-10-9(2)7-14-11(13)16-10/h7H,3-6,8H2,1-2H3,(H3,13,14,15,16). The van der Waals surface area contributed by atoms with Gasteiger partial charge in [-0.25, -0.2) is 4.98 Å². The third-order valence-corrected chi connectivity index (χ3v) is 3.79. The molecule has 0 aliphatic heterocycles. The lowest BCUT2D eigenvalue weighted by molar-refractivity contribution is 0.145. The molecule has 88 valence electrons. The van der Waals surface area contributed by atoms with Gasteiger partial charge < -0.3 is 11.1 Å². The molecule has 4 nitrogen and oxygen atoms in total. The molecule has 1 saturated carbocycles. The second kappa shape index (κ2) is 4.28. The second-order valence-electron chi connectivity index (χ2n) is 4.82. The van der Waals surface area contributed by atoms with Crippen molar-refractivity contribution in [3.8, 4) is 0 Å². The molecular weight excluding hydrogens is 200 g/mol. The number of hydrogen-bond donors (Lipinski definition) is 2. The average Bonchev–Trinajstić information content (AvgIpc) is 2.22. The van der Waals surface area contributed by atoms with Crippen LogP contribution in [-0.4, -0.2) is 16.5 Å². The van der Waals surface area contributed by atoms with E-state index in [1.807, 2.05) is 6.92 Å². The van der Waals surface area contributed by atoms with Crippen LogP contribution in [0.15, 0.2) is 6.20 Å². The normalized spacial score (nSPS) is 17.9. The molecule has 1 aromatic heterocycles. The van der Waals surface area contributed by atoms with Crippen molar-refractivity contribution in [2.24, 2.45) is 5.41 Å². The van der Waals surface area contributed by atoms with Crippen LogP contribution >= 0.6 is 0 Å². The number of nitrogens with one attached hydrogen (secondary N) is 1. The number of anilines is 2. The number of nitrogens with zero attached hydrogens (tertiary/aromatic N) is 2. The highest BCUT2D eigenvalue weighted by Gasteiger charge is 2.34. The summed E-state index contributed by atoms with van der Waals surface area (Å²) in [5.74, 6) is 1.22. The molecule has 16 heavy (non-hydrogen) atoms. The smallest absolute Gasteiger partial charge is 0.221 e. The van der Waals surface area contributed by atoms with Gasteiger partial charge in [0.1, 0.15) is 5.82 Å². The number of aromatic nitrogens is 2. The van der Waals surface area contributed by atoms with Crippen molar-refractivity contribution >= 4 is 11.8 Å². The van der Waals surface area contributed by atoms with Gasteiger partial charge in [-0.1, -0.05) is 13.3 Å². The van der Waals surface area contributed by atoms with Gasteiger partial charge in [0.15, 0.2) is 0 Å². The molecule has 2 rings (SSSR count). The number of aryl methyl sites for hydroxylation is 1. The number of hydrogen-bond acceptors (Lipinski definition) is 4. The Balaban J connectivity index is 2.01. The SMILES string of the molecule is CCC1(CNc2nc(N)ncc2C)CCC1. The first-order valence-corrected chi connectivity index (χ1v) is 5.98. The summed E-state index contributed by atoms with van der Waals surface area (Å²) in [6, 6.07) is 0. The topological polar surface area (TPSA) is 63.8 Å². The molecule has 1 aliphatic carbocycles. The predicted molar refractivity (Wildman–Crippen MR) is 66.2 cm³/mol. The van der Waals surface area contributed by atoms with Crippen LogP contribution in [0.3, 0.4) is 0 Å². The van der Waals surface area contributed by atoms with Crippen LogP contribution in [-0.2, 0) is 0 Å². The van der Waals surface area contributed by atoms with Crippen LogP contribution in [0.25, 0.3) is 0 Å². The minimum Gasteiger partial charge on any atom is -0.369 e. The molecule has 1 fully saturated rings. The Hall–Kier alpha value is -1.32. The van der Waals surface area contributed by atoms with Gasteiger partial charge in [0.2, 0.25) is 5.95 Å². The lowest BCUT2D eigenvalue weighted by Gasteiger charge is -2.41. The Kier molecular flexibility index (Phi) is 2.99. The highest BCUT2D eigenvalue weighted by Crippen LogP contribution is 2.43. The van der Waals surface area contributed by atoms with Gasteiger partial charge in [-0.05, 0) is 31.6 Å². The van der Waals surface area contributed by atoms with Crippen LogP contribution in [0.5, 0.6) is 0 Å². The highest BCUT2D eigenvalue weighted by atomic mass is 15.1. The van der Waals surface area contributed by atoms with Crippen molar-refractivity contribution in [2.75, 3.05) is 17.6 Å². The molecule has 3 N–H and O–H groups in total. The summed E-state index contributed by atoms with van der Waals surface area (Å²) in [7, 11) is 0. The van der Waals surface area contributed by atoms with Gasteiger partial charge in [0.25, 0.3) is 0 Å². The van der Waals surface area contributed by atoms with Crippen LogP contribution in [0, 0.1) is 12.3 Å². The molecule has 1 aromatic rings. The quantitative estimate of drug-likeness (QED) is 0.817. The fraction of sp³-hybridized carbons (Fsp3) is 0.667. The maximum absolute atomic E-state index is 5.58. The van der Waals surface area contributed by atoms with E-state index in [2.05, 4.69) is 22.2 Å². The largest absolute Gasteiger partial charge is 0.369 e. The summed E-state index contributed by atoms with van der Waals surface area (Å²) in [6.45, 7) is 5.27. The lowest BCUT2D eigenvalue weighted by Crippen LogP contribution is -2.36. The number of nitrogen functional groups attached to an aromatic ring is 1. The minimum absolute atomic E-state index is 0.340. The van der Waals surface area contributed by atoms with E-state index in [1.165, 1.54) is 25.7 Å². The molecule has 0 aromatic carbocycles. The van der Waals surface area contributed by atoms with E-state index in [0.717, 1.165) is 17.9 Å². The zero-order chi connectivity index (χ0) is 11.6. The highest BCUT2D eigenvalue weighted by molar-refractivity contribution is 5.45. The fourth-order valence-corrected chi connectivity index (χ4v) is 2.24. The number of nitrogens with two attached hydrogens (primary N) is 1. The Labute approximate surface area is 96.7 Å². The average molecular weight is 220 g/mol. The zero-order valence-electron chi connectivity index (χ0n) is 10.1. The van der Waals surface area contributed by atoms with E-state index < -0.39 is 0 Å². The van der Waals surface area contributed by atoms with E-state index in [4.69, 9.17) is 5.73 Å². The summed E-state index contributed by atoms with van der Waals surface area (Å²) in [4.78, 5) is 8.19. The van der Waals surface area contributed by atoms with Gasteiger partial charge in [-0.15, -0.1) is 0 Å². The van der Waals surface area contributed by atoms with Crippen molar-refractivity contribution < 1.29 is 0 Å². The van der Waals surface area contributed by atoms with E-state index >= 15 is 0 Å². The molecule has 0 unspecified atom stereocenters. The van der Waals surface area contributed by atoms with Crippen molar-refractivity contribution in [3.63, 3.8) is 0 Å². The maximum atomic E-state index is 5.58. The lowest BCUT2D eigenvalue weighted by atomic mass is 9.67. The Morgan fingerprint density at radius 1 is 1.50 bits per heavy atom. The number of rotatable bonds is 4. The van der Waals surface area contributed by atoms with Crippen molar-refractivity contribution in [1.82, 2.24) is 9.97 Å². The second-order valence-corrected chi connectivity index (χ2v) is 4.82. The Morgan fingerprint density at radius 3 is 2.81 bits per heavy atom. The first-order valence-electron chi connectivity index (χ1n) is 5.98. The molecule has 0 atom stereocenters. The zero-order valence-corrected chi connectivity index (χ0v) is 10.1. The summed E-state index contributed by atoms with van der Waals surface area (Å²) in [5, 5.41) is 3.42. The van der Waals surface area contributed by atoms with Crippen molar-refractivity contribution in [3.05, 3.63) is 11.8 Å². The van der Waals surface area contributed by atoms with E-state index in [0.29, 0.717) is 11.4 Å². The van der Waals surface area contributed by atoms with Gasteiger partial charge in [0, 0.05) is 18.3 Å². The summed E-state index contributed by atoms with van der Waals surface area (Å²) >= 11 is 0. The van der Waals surface area contributed by atoms with Crippen LogP contribution in [0.1, 0.15) is 38.2 Å². The van der Waals surface area contributed by atoms with Crippen LogP contribution in [0.4, 0.5) is 11.8 Å². The third kappa shape index (κ3) is 2.10. The molecule has 0 radical (unpaired) electrons. The molecular formula is C12H20N4.